The largest absolute Gasteiger partial charge is 0.395 e. The number of nitro groups is 1. The molecule has 0 saturated heterocycles. The van der Waals surface area contributed by atoms with Gasteiger partial charge in [-0.1, -0.05) is 11.6 Å². The molecular formula is C9H11ClN2O3. The summed E-state index contributed by atoms with van der Waals surface area (Å²) in [5.41, 5.74) is 0.547. The second-order valence-electron chi connectivity index (χ2n) is 2.93. The average molecular weight is 231 g/mol. The standard InChI is InChI=1S/C9H11ClN2O3/c10-8-2-1-7(6-11-3-4-13)9(5-8)12(14)15/h1-2,5,11,13H,3-4,6H2. The van der Waals surface area contributed by atoms with Gasteiger partial charge in [-0.2, -0.15) is 0 Å². The van der Waals surface area contributed by atoms with Crippen molar-refractivity contribution in [2.24, 2.45) is 0 Å². The number of hydrogen-bond donors (Lipinski definition) is 2. The molecule has 0 fully saturated rings. The van der Waals surface area contributed by atoms with Crippen LogP contribution in [-0.4, -0.2) is 23.2 Å². The predicted octanol–water partition coefficient (Wildman–Crippen LogP) is 1.33. The molecule has 0 aliphatic rings. The van der Waals surface area contributed by atoms with Crippen LogP contribution in [-0.2, 0) is 6.54 Å². The van der Waals surface area contributed by atoms with Crippen LogP contribution in [0, 0.1) is 10.1 Å². The minimum absolute atomic E-state index is 0.00138. The number of nitrogens with zero attached hydrogens (tertiary/aromatic N) is 1. The first-order chi connectivity index (χ1) is 7.15. The Morgan fingerprint density at radius 1 is 1.53 bits per heavy atom. The molecule has 0 bridgehead atoms. The summed E-state index contributed by atoms with van der Waals surface area (Å²) in [7, 11) is 0. The van der Waals surface area contributed by atoms with Gasteiger partial charge in [0.15, 0.2) is 0 Å². The van der Waals surface area contributed by atoms with E-state index in [-0.39, 0.29) is 12.3 Å². The van der Waals surface area contributed by atoms with Gasteiger partial charge in [-0.15, -0.1) is 0 Å². The second kappa shape index (κ2) is 5.65. The molecule has 0 aliphatic carbocycles. The Kier molecular flexibility index (Phi) is 4.48. The third kappa shape index (κ3) is 3.47. The molecule has 0 aromatic heterocycles. The monoisotopic (exact) mass is 230 g/mol. The van der Waals surface area contributed by atoms with Crippen LogP contribution in [0.2, 0.25) is 5.02 Å². The van der Waals surface area contributed by atoms with Gasteiger partial charge in [-0.25, -0.2) is 0 Å². The summed E-state index contributed by atoms with van der Waals surface area (Å²) in [5.74, 6) is 0. The SMILES string of the molecule is O=[N+]([O-])c1cc(Cl)ccc1CNCCO. The van der Waals surface area contributed by atoms with Gasteiger partial charge in [0, 0.05) is 29.7 Å². The van der Waals surface area contributed by atoms with E-state index in [0.29, 0.717) is 23.7 Å². The molecule has 0 heterocycles. The lowest BCUT2D eigenvalue weighted by atomic mass is 10.2. The van der Waals surface area contributed by atoms with Crippen molar-refractivity contribution >= 4 is 17.3 Å². The van der Waals surface area contributed by atoms with Crippen molar-refractivity contribution in [2.75, 3.05) is 13.2 Å². The fourth-order valence-electron chi connectivity index (χ4n) is 1.16. The molecule has 1 aromatic rings. The summed E-state index contributed by atoms with van der Waals surface area (Å²) in [6.45, 7) is 0.745. The van der Waals surface area contributed by atoms with Crippen molar-refractivity contribution in [3.8, 4) is 0 Å². The van der Waals surface area contributed by atoms with Crippen molar-refractivity contribution in [1.29, 1.82) is 0 Å². The molecule has 5 nitrogen and oxygen atoms in total. The molecule has 0 radical (unpaired) electrons. The van der Waals surface area contributed by atoms with Crippen molar-refractivity contribution < 1.29 is 10.0 Å². The van der Waals surface area contributed by atoms with Crippen molar-refractivity contribution in [2.45, 2.75) is 6.54 Å². The molecule has 2 N–H and O–H groups in total. The fourth-order valence-corrected chi connectivity index (χ4v) is 1.32. The molecule has 15 heavy (non-hydrogen) atoms. The number of rotatable bonds is 5. The topological polar surface area (TPSA) is 75.4 Å². The maximum Gasteiger partial charge on any atom is 0.275 e. The van der Waals surface area contributed by atoms with Crippen LogP contribution in [0.15, 0.2) is 18.2 Å². The minimum atomic E-state index is -0.470. The molecule has 1 aromatic carbocycles. The van der Waals surface area contributed by atoms with Gasteiger partial charge < -0.3 is 10.4 Å². The average Bonchev–Trinajstić information content (AvgIpc) is 2.20. The van der Waals surface area contributed by atoms with Crippen molar-refractivity contribution in [3.63, 3.8) is 0 Å². The zero-order chi connectivity index (χ0) is 11.3. The van der Waals surface area contributed by atoms with Crippen LogP contribution in [0.1, 0.15) is 5.56 Å². The summed E-state index contributed by atoms with van der Waals surface area (Å²) in [4.78, 5) is 10.2. The van der Waals surface area contributed by atoms with Gasteiger partial charge >= 0.3 is 0 Å². The highest BCUT2D eigenvalue weighted by atomic mass is 35.5. The van der Waals surface area contributed by atoms with E-state index in [1.54, 1.807) is 12.1 Å². The fraction of sp³-hybridized carbons (Fsp3) is 0.333. The lowest BCUT2D eigenvalue weighted by Gasteiger charge is -2.04. The Labute approximate surface area is 91.8 Å². The van der Waals surface area contributed by atoms with E-state index in [2.05, 4.69) is 5.32 Å². The molecule has 0 unspecified atom stereocenters. The Morgan fingerprint density at radius 2 is 2.27 bits per heavy atom. The van der Waals surface area contributed by atoms with E-state index in [1.165, 1.54) is 6.07 Å². The lowest BCUT2D eigenvalue weighted by molar-refractivity contribution is -0.385. The molecule has 1 rings (SSSR count). The summed E-state index contributed by atoms with van der Waals surface area (Å²) in [5, 5.41) is 22.4. The number of aliphatic hydroxyl groups is 1. The number of benzene rings is 1. The zero-order valence-electron chi connectivity index (χ0n) is 7.94. The minimum Gasteiger partial charge on any atom is -0.395 e. The Bertz CT molecular complexity index is 357. The van der Waals surface area contributed by atoms with Gasteiger partial charge in [0.2, 0.25) is 0 Å². The van der Waals surface area contributed by atoms with Gasteiger partial charge in [0.05, 0.1) is 11.5 Å². The Balaban J connectivity index is 2.81. The van der Waals surface area contributed by atoms with E-state index >= 15 is 0 Å². The molecular weight excluding hydrogens is 220 g/mol. The second-order valence-corrected chi connectivity index (χ2v) is 3.37. The summed E-state index contributed by atoms with van der Waals surface area (Å²) >= 11 is 5.66. The molecule has 0 amide bonds. The first kappa shape index (κ1) is 11.9. The molecule has 0 atom stereocenters. The van der Waals surface area contributed by atoms with E-state index in [1.807, 2.05) is 0 Å². The van der Waals surface area contributed by atoms with Gasteiger partial charge in [0.1, 0.15) is 0 Å². The van der Waals surface area contributed by atoms with Crippen molar-refractivity contribution in [1.82, 2.24) is 5.32 Å². The highest BCUT2D eigenvalue weighted by molar-refractivity contribution is 6.30. The quantitative estimate of drug-likeness (QED) is 0.455. The molecule has 0 aliphatic heterocycles. The molecule has 82 valence electrons. The van der Waals surface area contributed by atoms with Crippen LogP contribution in [0.5, 0.6) is 0 Å². The number of nitrogens with one attached hydrogen (secondary N) is 1. The van der Waals surface area contributed by atoms with E-state index in [0.717, 1.165) is 0 Å². The van der Waals surface area contributed by atoms with Gasteiger partial charge in [-0.05, 0) is 12.1 Å². The zero-order valence-corrected chi connectivity index (χ0v) is 8.70. The highest BCUT2D eigenvalue weighted by Crippen LogP contribution is 2.22. The smallest absolute Gasteiger partial charge is 0.275 e. The van der Waals surface area contributed by atoms with Crippen molar-refractivity contribution in [3.05, 3.63) is 38.9 Å². The van der Waals surface area contributed by atoms with Gasteiger partial charge in [-0.3, -0.25) is 10.1 Å². The Hall–Kier alpha value is -1.17. The molecule has 6 heteroatoms. The number of aliphatic hydroxyl groups excluding tert-OH is 1. The highest BCUT2D eigenvalue weighted by Gasteiger charge is 2.13. The molecule has 0 saturated carbocycles. The maximum atomic E-state index is 10.7. The third-order valence-corrected chi connectivity index (χ3v) is 2.08. The number of nitro benzene ring substituents is 1. The van der Waals surface area contributed by atoms with Gasteiger partial charge in [0.25, 0.3) is 5.69 Å². The van der Waals surface area contributed by atoms with E-state index < -0.39 is 4.92 Å². The first-order valence-corrected chi connectivity index (χ1v) is 4.77. The van der Waals surface area contributed by atoms with Crippen LogP contribution in [0.4, 0.5) is 5.69 Å². The van der Waals surface area contributed by atoms with Crippen LogP contribution in [0.25, 0.3) is 0 Å². The number of hydrogen-bond acceptors (Lipinski definition) is 4. The lowest BCUT2D eigenvalue weighted by Crippen LogP contribution is -2.18. The molecule has 0 spiro atoms. The Morgan fingerprint density at radius 3 is 2.87 bits per heavy atom. The van der Waals surface area contributed by atoms with E-state index in [4.69, 9.17) is 16.7 Å². The van der Waals surface area contributed by atoms with Crippen LogP contribution in [0.3, 0.4) is 0 Å². The van der Waals surface area contributed by atoms with Crippen LogP contribution >= 0.6 is 11.6 Å². The summed E-state index contributed by atoms with van der Waals surface area (Å²) in [6.07, 6.45) is 0. The predicted molar refractivity (Wildman–Crippen MR) is 56.9 cm³/mol. The summed E-state index contributed by atoms with van der Waals surface area (Å²) in [6, 6.07) is 4.52. The summed E-state index contributed by atoms with van der Waals surface area (Å²) < 4.78 is 0. The number of halogens is 1. The normalized spacial score (nSPS) is 10.3. The van der Waals surface area contributed by atoms with E-state index in [9.17, 15) is 10.1 Å². The third-order valence-electron chi connectivity index (χ3n) is 1.85. The first-order valence-electron chi connectivity index (χ1n) is 4.39. The van der Waals surface area contributed by atoms with Crippen LogP contribution < -0.4 is 5.32 Å². The maximum absolute atomic E-state index is 10.7.